The molecule has 0 saturated heterocycles. The van der Waals surface area contributed by atoms with E-state index in [0.29, 0.717) is 28.4 Å². The zero-order valence-electron chi connectivity index (χ0n) is 14.6. The summed E-state index contributed by atoms with van der Waals surface area (Å²) in [6.45, 7) is 3.71. The molecule has 3 N–H and O–H groups in total. The molecule has 1 aliphatic carbocycles. The second kappa shape index (κ2) is 7.00. The molecule has 3 rings (SSSR count). The van der Waals surface area contributed by atoms with Crippen LogP contribution in [0.3, 0.4) is 0 Å². The summed E-state index contributed by atoms with van der Waals surface area (Å²) in [6.07, 6.45) is 0.900. The summed E-state index contributed by atoms with van der Waals surface area (Å²) >= 11 is 0. The van der Waals surface area contributed by atoms with Crippen LogP contribution in [0.5, 0.6) is 0 Å². The number of hydrogen-bond acceptors (Lipinski definition) is 3. The fourth-order valence-electron chi connectivity index (χ4n) is 2.85. The van der Waals surface area contributed by atoms with Crippen molar-refractivity contribution in [2.75, 3.05) is 10.6 Å². The van der Waals surface area contributed by atoms with Gasteiger partial charge in [-0.05, 0) is 61.2 Å². The van der Waals surface area contributed by atoms with Crippen molar-refractivity contribution in [3.05, 3.63) is 59.2 Å². The zero-order valence-corrected chi connectivity index (χ0v) is 14.6. The van der Waals surface area contributed by atoms with Gasteiger partial charge in [0.25, 0.3) is 5.91 Å². The first kappa shape index (κ1) is 17.7. The molecule has 0 heterocycles. The standard InChI is InChI=1S/C20H20N2O4/c1-11-8-15(6-7-16(11)20(25)26)21-18(23)13-4-3-5-14(10-13)22-19(24)17-9-12(17)2/h3-8,10,12,17H,9H2,1-2H3,(H,21,23)(H,22,24)(H,25,26). The third-order valence-electron chi connectivity index (χ3n) is 4.55. The number of carbonyl (C=O) groups excluding carboxylic acids is 2. The Labute approximate surface area is 151 Å². The summed E-state index contributed by atoms with van der Waals surface area (Å²) in [4.78, 5) is 35.5. The number of benzene rings is 2. The van der Waals surface area contributed by atoms with Crippen molar-refractivity contribution < 1.29 is 19.5 Å². The van der Waals surface area contributed by atoms with Gasteiger partial charge in [0.05, 0.1) is 5.56 Å². The topological polar surface area (TPSA) is 95.5 Å². The fraction of sp³-hybridized carbons (Fsp3) is 0.250. The van der Waals surface area contributed by atoms with E-state index in [2.05, 4.69) is 10.6 Å². The number of nitrogens with one attached hydrogen (secondary N) is 2. The Kier molecular flexibility index (Phi) is 4.75. The summed E-state index contributed by atoms with van der Waals surface area (Å²) < 4.78 is 0. The zero-order chi connectivity index (χ0) is 18.8. The van der Waals surface area contributed by atoms with Crippen LogP contribution in [0, 0.1) is 18.8 Å². The smallest absolute Gasteiger partial charge is 0.335 e. The summed E-state index contributed by atoms with van der Waals surface area (Å²) in [5, 5.41) is 14.6. The van der Waals surface area contributed by atoms with Gasteiger partial charge in [-0.2, -0.15) is 0 Å². The Morgan fingerprint density at radius 1 is 1.04 bits per heavy atom. The summed E-state index contributed by atoms with van der Waals surface area (Å²) in [7, 11) is 0. The number of carbonyl (C=O) groups is 3. The minimum atomic E-state index is -1.01. The molecule has 1 fully saturated rings. The number of carboxylic acid groups (broad SMARTS) is 1. The molecule has 0 spiro atoms. The predicted octanol–water partition coefficient (Wildman–Crippen LogP) is 3.54. The maximum atomic E-state index is 12.4. The lowest BCUT2D eigenvalue weighted by molar-refractivity contribution is -0.117. The van der Waals surface area contributed by atoms with E-state index in [4.69, 9.17) is 5.11 Å². The molecule has 2 atom stereocenters. The van der Waals surface area contributed by atoms with Crippen molar-refractivity contribution in [1.82, 2.24) is 0 Å². The fourth-order valence-corrected chi connectivity index (χ4v) is 2.85. The number of aromatic carboxylic acids is 1. The van der Waals surface area contributed by atoms with E-state index in [1.165, 1.54) is 6.07 Å². The van der Waals surface area contributed by atoms with E-state index in [1.54, 1.807) is 43.3 Å². The maximum Gasteiger partial charge on any atom is 0.335 e. The molecule has 1 aliphatic rings. The number of hydrogen-bond donors (Lipinski definition) is 3. The van der Waals surface area contributed by atoms with Gasteiger partial charge in [-0.3, -0.25) is 9.59 Å². The molecule has 0 radical (unpaired) electrons. The molecule has 26 heavy (non-hydrogen) atoms. The van der Waals surface area contributed by atoms with Crippen LogP contribution in [-0.2, 0) is 4.79 Å². The highest BCUT2D eigenvalue weighted by atomic mass is 16.4. The maximum absolute atomic E-state index is 12.4. The molecule has 2 amide bonds. The van der Waals surface area contributed by atoms with Gasteiger partial charge in [0.1, 0.15) is 0 Å². The highest BCUT2D eigenvalue weighted by Gasteiger charge is 2.39. The number of anilines is 2. The molecule has 6 heteroatoms. The van der Waals surface area contributed by atoms with Gasteiger partial charge in [0.2, 0.25) is 5.91 Å². The van der Waals surface area contributed by atoms with E-state index in [-0.39, 0.29) is 23.3 Å². The lowest BCUT2D eigenvalue weighted by Crippen LogP contribution is -2.16. The summed E-state index contributed by atoms with van der Waals surface area (Å²) in [6, 6.07) is 11.4. The van der Waals surface area contributed by atoms with Crippen molar-refractivity contribution in [3.63, 3.8) is 0 Å². The highest BCUT2D eigenvalue weighted by Crippen LogP contribution is 2.38. The molecule has 6 nitrogen and oxygen atoms in total. The second-order valence-corrected chi connectivity index (χ2v) is 6.68. The van der Waals surface area contributed by atoms with Gasteiger partial charge >= 0.3 is 5.97 Å². The first-order valence-electron chi connectivity index (χ1n) is 8.41. The van der Waals surface area contributed by atoms with Crippen molar-refractivity contribution in [2.45, 2.75) is 20.3 Å². The molecular formula is C20H20N2O4. The Morgan fingerprint density at radius 2 is 1.73 bits per heavy atom. The number of carboxylic acids is 1. The average Bonchev–Trinajstić information content (AvgIpc) is 3.32. The minimum absolute atomic E-state index is 0.0186. The molecule has 0 bridgehead atoms. The van der Waals surface area contributed by atoms with Crippen LogP contribution in [0.4, 0.5) is 11.4 Å². The molecule has 2 aromatic carbocycles. The Bertz CT molecular complexity index is 891. The molecule has 2 unspecified atom stereocenters. The van der Waals surface area contributed by atoms with Gasteiger partial charge in [-0.15, -0.1) is 0 Å². The van der Waals surface area contributed by atoms with Gasteiger partial charge in [0.15, 0.2) is 0 Å². The first-order valence-corrected chi connectivity index (χ1v) is 8.41. The van der Waals surface area contributed by atoms with E-state index in [9.17, 15) is 14.4 Å². The SMILES string of the molecule is Cc1cc(NC(=O)c2cccc(NC(=O)C3CC3C)c2)ccc1C(=O)O. The summed E-state index contributed by atoms with van der Waals surface area (Å²) in [5.74, 6) is -0.881. The Balaban J connectivity index is 1.70. The second-order valence-electron chi connectivity index (χ2n) is 6.68. The molecule has 1 saturated carbocycles. The van der Waals surface area contributed by atoms with Crippen molar-refractivity contribution in [3.8, 4) is 0 Å². The van der Waals surface area contributed by atoms with Crippen molar-refractivity contribution in [1.29, 1.82) is 0 Å². The first-order chi connectivity index (χ1) is 12.3. The van der Waals surface area contributed by atoms with Gasteiger partial charge < -0.3 is 15.7 Å². The van der Waals surface area contributed by atoms with E-state index in [0.717, 1.165) is 6.42 Å². The Morgan fingerprint density at radius 3 is 2.35 bits per heavy atom. The van der Waals surface area contributed by atoms with Crippen LogP contribution < -0.4 is 10.6 Å². The van der Waals surface area contributed by atoms with Crippen molar-refractivity contribution in [2.24, 2.45) is 11.8 Å². The van der Waals surface area contributed by atoms with E-state index in [1.807, 2.05) is 6.92 Å². The van der Waals surface area contributed by atoms with Gasteiger partial charge in [-0.25, -0.2) is 4.79 Å². The van der Waals surface area contributed by atoms with Crippen LogP contribution in [0.25, 0.3) is 0 Å². The average molecular weight is 352 g/mol. The molecule has 134 valence electrons. The predicted molar refractivity (Wildman–Crippen MR) is 98.4 cm³/mol. The normalized spacial score (nSPS) is 18.1. The highest BCUT2D eigenvalue weighted by molar-refractivity contribution is 6.05. The van der Waals surface area contributed by atoms with E-state index < -0.39 is 5.97 Å². The quantitative estimate of drug-likeness (QED) is 0.767. The molecule has 0 aromatic heterocycles. The number of aryl methyl sites for hydroxylation is 1. The summed E-state index contributed by atoms with van der Waals surface area (Å²) in [5.41, 5.74) is 2.27. The molecular weight excluding hydrogens is 332 g/mol. The number of rotatable bonds is 5. The molecule has 0 aliphatic heterocycles. The lowest BCUT2D eigenvalue weighted by atomic mass is 10.1. The van der Waals surface area contributed by atoms with E-state index >= 15 is 0 Å². The molecule has 2 aromatic rings. The Hall–Kier alpha value is -3.15. The van der Waals surface area contributed by atoms with Crippen LogP contribution in [0.2, 0.25) is 0 Å². The van der Waals surface area contributed by atoms with Crippen molar-refractivity contribution >= 4 is 29.2 Å². The van der Waals surface area contributed by atoms with Gasteiger partial charge in [-0.1, -0.05) is 13.0 Å². The largest absolute Gasteiger partial charge is 0.478 e. The third kappa shape index (κ3) is 3.91. The van der Waals surface area contributed by atoms with Crippen LogP contribution in [0.1, 0.15) is 39.6 Å². The van der Waals surface area contributed by atoms with Crippen LogP contribution in [0.15, 0.2) is 42.5 Å². The third-order valence-corrected chi connectivity index (χ3v) is 4.55. The number of amides is 2. The lowest BCUT2D eigenvalue weighted by Gasteiger charge is -2.10. The van der Waals surface area contributed by atoms with Crippen LogP contribution in [-0.4, -0.2) is 22.9 Å². The minimum Gasteiger partial charge on any atom is -0.478 e. The van der Waals surface area contributed by atoms with Crippen LogP contribution >= 0.6 is 0 Å². The monoisotopic (exact) mass is 352 g/mol. The van der Waals surface area contributed by atoms with Gasteiger partial charge in [0, 0.05) is 22.9 Å².